The molecule has 0 bridgehead atoms. The van der Waals surface area contributed by atoms with Crippen LogP contribution in [0.3, 0.4) is 0 Å². The molecule has 68 heavy (non-hydrogen) atoms. The van der Waals surface area contributed by atoms with Crippen LogP contribution in [0.25, 0.3) is 0 Å². The molecule has 3 atom stereocenters. The molecule has 0 aliphatic heterocycles. The molecular formula is C56H103O11P. The van der Waals surface area contributed by atoms with Crippen molar-refractivity contribution in [1.29, 1.82) is 0 Å². The fourth-order valence-corrected chi connectivity index (χ4v) is 8.52. The van der Waals surface area contributed by atoms with Crippen LogP contribution < -0.4 is 0 Å². The highest BCUT2D eigenvalue weighted by Crippen LogP contribution is 2.43. The van der Waals surface area contributed by atoms with Gasteiger partial charge < -0.3 is 24.2 Å². The molecule has 11 nitrogen and oxygen atoms in total. The predicted molar refractivity (Wildman–Crippen MR) is 279 cm³/mol. The summed E-state index contributed by atoms with van der Waals surface area (Å²) in [6, 6.07) is 0. The number of aliphatic hydroxyl groups is 1. The molecule has 0 spiro atoms. The highest BCUT2D eigenvalue weighted by molar-refractivity contribution is 7.47. The van der Waals surface area contributed by atoms with Crippen LogP contribution >= 0.6 is 7.82 Å². The molecule has 0 aromatic carbocycles. The monoisotopic (exact) mass is 983 g/mol. The first-order valence-corrected chi connectivity index (χ1v) is 29.4. The van der Waals surface area contributed by atoms with Gasteiger partial charge in [-0.25, -0.2) is 4.57 Å². The second kappa shape index (κ2) is 51.1. The van der Waals surface area contributed by atoms with Gasteiger partial charge in [-0.2, -0.15) is 0 Å². The summed E-state index contributed by atoms with van der Waals surface area (Å²) in [6.45, 7) is 4.60. The van der Waals surface area contributed by atoms with Crippen molar-refractivity contribution in [3.63, 3.8) is 0 Å². The van der Waals surface area contributed by atoms with Crippen LogP contribution in [-0.4, -0.2) is 66.5 Å². The smallest absolute Gasteiger partial charge is 0.462 e. The maximum absolute atomic E-state index is 12.9. The number of aliphatic hydroxyl groups excluding tert-OH is 1. The molecule has 398 valence electrons. The Morgan fingerprint density at radius 3 is 1.15 bits per heavy atom. The topological polar surface area (TPSA) is 155 Å². The van der Waals surface area contributed by atoms with Crippen molar-refractivity contribution >= 4 is 25.7 Å². The third kappa shape index (κ3) is 48.7. The van der Waals surface area contributed by atoms with Crippen LogP contribution in [-0.2, 0) is 42.2 Å². The molecule has 0 fully saturated rings. The van der Waals surface area contributed by atoms with Gasteiger partial charge >= 0.3 is 25.7 Å². The minimum absolute atomic E-state index is 0.157. The lowest BCUT2D eigenvalue weighted by molar-refractivity contribution is -0.161. The largest absolute Gasteiger partial charge is 0.472 e. The fraction of sp³-hybridized carbons (Fsp3) is 0.839. The van der Waals surface area contributed by atoms with Gasteiger partial charge in [0.15, 0.2) is 6.10 Å². The summed E-state index contributed by atoms with van der Waals surface area (Å²) in [5, 5.41) is 9.79. The summed E-state index contributed by atoms with van der Waals surface area (Å²) in [7, 11) is -4.74. The van der Waals surface area contributed by atoms with E-state index in [0.29, 0.717) is 19.3 Å². The van der Waals surface area contributed by atoms with Crippen LogP contribution in [0.5, 0.6) is 0 Å². The van der Waals surface area contributed by atoms with E-state index >= 15 is 0 Å². The molecule has 0 aliphatic rings. The van der Waals surface area contributed by atoms with E-state index < -0.39 is 57.8 Å². The zero-order valence-electron chi connectivity index (χ0n) is 43.8. The first-order valence-electron chi connectivity index (χ1n) is 27.9. The molecule has 0 radical (unpaired) electrons. The second-order valence-corrected chi connectivity index (χ2v) is 20.2. The normalized spacial score (nSPS) is 13.7. The Morgan fingerprint density at radius 1 is 0.412 bits per heavy atom. The number of hydrogen-bond acceptors (Lipinski definition) is 10. The summed E-state index contributed by atoms with van der Waals surface area (Å²) in [6.07, 6.45) is 51.0. The van der Waals surface area contributed by atoms with Gasteiger partial charge in [0.25, 0.3) is 0 Å². The summed E-state index contributed by atoms with van der Waals surface area (Å²) in [5.74, 6) is -1.48. The predicted octanol–water partition coefficient (Wildman–Crippen LogP) is 16.0. The van der Waals surface area contributed by atoms with Gasteiger partial charge in [0.1, 0.15) is 12.7 Å². The van der Waals surface area contributed by atoms with Crippen molar-refractivity contribution in [1.82, 2.24) is 0 Å². The number of phosphoric ester groups is 1. The second-order valence-electron chi connectivity index (χ2n) is 18.7. The molecule has 3 unspecified atom stereocenters. The van der Waals surface area contributed by atoms with Gasteiger partial charge in [0, 0.05) is 19.3 Å². The first-order chi connectivity index (χ1) is 33.2. The van der Waals surface area contributed by atoms with E-state index in [-0.39, 0.29) is 25.9 Å². The van der Waals surface area contributed by atoms with E-state index in [2.05, 4.69) is 57.2 Å². The SMILES string of the molecule is CCCCC/C=C\C/C=C\CCCCCCCC(=O)OCC(COP(=O)(O)OCC(CO)OC(=O)CCCCCCCCCCCCCCC)OC(=O)CCCCCCC/C=C\CCCCCC. The number of hydrogen-bond donors (Lipinski definition) is 2. The minimum Gasteiger partial charge on any atom is -0.462 e. The average molecular weight is 983 g/mol. The zero-order chi connectivity index (χ0) is 49.9. The van der Waals surface area contributed by atoms with Crippen molar-refractivity contribution in [2.45, 2.75) is 277 Å². The van der Waals surface area contributed by atoms with E-state index in [4.69, 9.17) is 23.3 Å². The van der Waals surface area contributed by atoms with Gasteiger partial charge in [-0.05, 0) is 77.0 Å². The highest BCUT2D eigenvalue weighted by Gasteiger charge is 2.28. The Morgan fingerprint density at radius 2 is 0.721 bits per heavy atom. The quantitative estimate of drug-likeness (QED) is 0.0197. The van der Waals surface area contributed by atoms with Crippen LogP contribution in [0.4, 0.5) is 0 Å². The van der Waals surface area contributed by atoms with Gasteiger partial charge in [-0.3, -0.25) is 23.4 Å². The van der Waals surface area contributed by atoms with Crippen molar-refractivity contribution in [3.8, 4) is 0 Å². The zero-order valence-corrected chi connectivity index (χ0v) is 44.7. The molecule has 0 aromatic heterocycles. The van der Waals surface area contributed by atoms with Crippen molar-refractivity contribution < 1.29 is 52.2 Å². The molecule has 0 saturated heterocycles. The Kier molecular flexibility index (Phi) is 49.3. The molecule has 0 saturated carbocycles. The van der Waals surface area contributed by atoms with Crippen molar-refractivity contribution in [2.24, 2.45) is 0 Å². The Balaban J connectivity index is 4.73. The van der Waals surface area contributed by atoms with Crippen LogP contribution in [0.1, 0.15) is 265 Å². The maximum Gasteiger partial charge on any atom is 0.472 e. The Bertz CT molecular complexity index is 1280. The Hall–Kier alpha value is -2.30. The lowest BCUT2D eigenvalue weighted by Gasteiger charge is -2.21. The summed E-state index contributed by atoms with van der Waals surface area (Å²) in [5.41, 5.74) is 0. The summed E-state index contributed by atoms with van der Waals surface area (Å²) < 4.78 is 39.4. The number of esters is 3. The third-order valence-electron chi connectivity index (χ3n) is 12.0. The molecule has 0 heterocycles. The van der Waals surface area contributed by atoms with Crippen molar-refractivity contribution in [2.75, 3.05) is 26.4 Å². The van der Waals surface area contributed by atoms with Crippen LogP contribution in [0.15, 0.2) is 36.5 Å². The molecule has 0 rings (SSSR count). The third-order valence-corrected chi connectivity index (χ3v) is 13.0. The Labute approximate surface area is 416 Å². The van der Waals surface area contributed by atoms with E-state index in [1.54, 1.807) is 0 Å². The molecule has 0 aliphatic carbocycles. The number of allylic oxidation sites excluding steroid dienone is 6. The molecule has 0 amide bonds. The van der Waals surface area contributed by atoms with Crippen molar-refractivity contribution in [3.05, 3.63) is 36.5 Å². The molecule has 0 aromatic rings. The van der Waals surface area contributed by atoms with E-state index in [0.717, 1.165) is 103 Å². The summed E-state index contributed by atoms with van der Waals surface area (Å²) in [4.78, 5) is 48.4. The van der Waals surface area contributed by atoms with Gasteiger partial charge in [0.05, 0.1) is 19.8 Å². The standard InChI is InChI=1S/C56H103O11P/c1-4-7-10-13-16-19-22-25-26-29-30-33-36-39-42-45-54(58)63-49-53(67-56(60)47-44-41-38-35-32-28-24-21-18-15-12-9-6-3)51-65-68(61,62)64-50-52(48-57)66-55(59)46-43-40-37-34-31-27-23-20-17-14-11-8-5-2/h16,19,21,24-26,52-53,57H,4-15,17-18,20,22-23,27-51H2,1-3H3,(H,61,62)/b19-16-,24-21-,26-25-. The molecule has 2 N–H and O–H groups in total. The van der Waals surface area contributed by atoms with E-state index in [9.17, 15) is 28.9 Å². The molecule has 12 heteroatoms. The number of phosphoric acid groups is 1. The van der Waals surface area contributed by atoms with Gasteiger partial charge in [-0.15, -0.1) is 0 Å². The number of rotatable bonds is 52. The minimum atomic E-state index is -4.74. The molecular weight excluding hydrogens is 880 g/mol. The van der Waals surface area contributed by atoms with E-state index in [1.807, 2.05) is 0 Å². The first kappa shape index (κ1) is 65.7. The number of carbonyl (C=O) groups excluding carboxylic acids is 3. The van der Waals surface area contributed by atoms with Gasteiger partial charge in [-0.1, -0.05) is 205 Å². The van der Waals surface area contributed by atoms with Crippen LogP contribution in [0, 0.1) is 0 Å². The lowest BCUT2D eigenvalue weighted by atomic mass is 10.0. The van der Waals surface area contributed by atoms with Gasteiger partial charge in [0.2, 0.25) is 0 Å². The van der Waals surface area contributed by atoms with E-state index in [1.165, 1.54) is 103 Å². The highest BCUT2D eigenvalue weighted by atomic mass is 31.2. The van der Waals surface area contributed by atoms with Crippen LogP contribution in [0.2, 0.25) is 0 Å². The number of carbonyl (C=O) groups is 3. The average Bonchev–Trinajstić information content (AvgIpc) is 3.32. The maximum atomic E-state index is 12.9. The lowest BCUT2D eigenvalue weighted by Crippen LogP contribution is -2.30. The summed E-state index contributed by atoms with van der Waals surface area (Å²) >= 11 is 0. The fourth-order valence-electron chi connectivity index (χ4n) is 7.73. The number of unbranched alkanes of at least 4 members (excludes halogenated alkanes) is 29. The number of ether oxygens (including phenoxy) is 3.